The normalized spacial score (nSPS) is 11.9. The van der Waals surface area contributed by atoms with Gasteiger partial charge in [-0.1, -0.05) is 35.3 Å². The van der Waals surface area contributed by atoms with E-state index < -0.39 is 11.7 Å². The highest BCUT2D eigenvalue weighted by Crippen LogP contribution is 2.34. The van der Waals surface area contributed by atoms with Gasteiger partial charge in [0.25, 0.3) is 0 Å². The largest absolute Gasteiger partial charge is 0.417 e. The molecule has 0 radical (unpaired) electrons. The van der Waals surface area contributed by atoms with Gasteiger partial charge in [-0.15, -0.1) is 10.2 Å². The van der Waals surface area contributed by atoms with Crippen LogP contribution in [0, 0.1) is 0 Å². The summed E-state index contributed by atoms with van der Waals surface area (Å²) in [6.07, 6.45) is -3.76. The zero-order chi connectivity index (χ0) is 19.2. The molecule has 1 aromatic carbocycles. The van der Waals surface area contributed by atoms with Gasteiger partial charge in [0.2, 0.25) is 0 Å². The summed E-state index contributed by atoms with van der Waals surface area (Å²) < 4.78 is 40.7. The molecule has 0 unspecified atom stereocenters. The van der Waals surface area contributed by atoms with Gasteiger partial charge in [0.15, 0.2) is 11.0 Å². The number of fused-ring (bicyclic) bond motifs is 1. The van der Waals surface area contributed by atoms with Crippen LogP contribution in [0.2, 0.25) is 10.2 Å². The maximum Gasteiger partial charge on any atom is 0.417 e. The predicted molar refractivity (Wildman–Crippen MR) is 94.9 cm³/mol. The lowest BCUT2D eigenvalue weighted by Gasteiger charge is -2.06. The van der Waals surface area contributed by atoms with E-state index in [4.69, 9.17) is 23.2 Å². The molecule has 0 spiro atoms. The number of pyridine rings is 1. The van der Waals surface area contributed by atoms with Crippen LogP contribution in [0.1, 0.15) is 5.56 Å². The molecule has 0 saturated heterocycles. The number of hydrogen-bond donors (Lipinski definition) is 0. The molecule has 27 heavy (non-hydrogen) atoms. The third-order valence-corrected chi connectivity index (χ3v) is 4.25. The zero-order valence-electron chi connectivity index (χ0n) is 13.2. The fourth-order valence-electron chi connectivity index (χ4n) is 2.55. The number of aromatic nitrogens is 5. The number of alkyl halides is 3. The van der Waals surface area contributed by atoms with Gasteiger partial charge in [-0.3, -0.25) is 4.98 Å². The third-order valence-electron chi connectivity index (χ3n) is 3.80. The van der Waals surface area contributed by atoms with Gasteiger partial charge in [-0.05, 0) is 30.3 Å². The average molecular weight is 410 g/mol. The minimum Gasteiger partial charge on any atom is -0.252 e. The Balaban J connectivity index is 1.99. The van der Waals surface area contributed by atoms with Gasteiger partial charge in [-0.25, -0.2) is 4.68 Å². The fourth-order valence-corrected chi connectivity index (χ4v) is 2.78. The van der Waals surface area contributed by atoms with Crippen LogP contribution in [-0.4, -0.2) is 25.0 Å². The SMILES string of the molecule is FC(F)(F)c1cnc2c(-c3ccc(Cl)cc3)nn(-c3ccc(Cl)nn3)c2c1. The molecule has 0 aliphatic rings. The van der Waals surface area contributed by atoms with Crippen molar-refractivity contribution in [3.05, 3.63) is 64.4 Å². The zero-order valence-corrected chi connectivity index (χ0v) is 14.8. The van der Waals surface area contributed by atoms with Crippen LogP contribution in [0.3, 0.4) is 0 Å². The molecule has 10 heteroatoms. The lowest BCUT2D eigenvalue weighted by atomic mass is 10.1. The molecule has 0 N–H and O–H groups in total. The second-order valence-corrected chi connectivity index (χ2v) is 6.39. The molecular weight excluding hydrogens is 402 g/mol. The molecule has 3 aromatic heterocycles. The predicted octanol–water partition coefficient (Wildman–Crippen LogP) is 5.20. The average Bonchev–Trinajstić information content (AvgIpc) is 3.01. The first-order valence-electron chi connectivity index (χ1n) is 7.54. The Morgan fingerprint density at radius 3 is 2.30 bits per heavy atom. The first-order valence-corrected chi connectivity index (χ1v) is 8.30. The number of hydrogen-bond acceptors (Lipinski definition) is 4. The molecule has 4 aromatic rings. The molecule has 0 aliphatic carbocycles. The second kappa shape index (κ2) is 6.47. The summed E-state index contributed by atoms with van der Waals surface area (Å²) in [6, 6.07) is 10.7. The molecule has 0 atom stereocenters. The summed E-state index contributed by atoms with van der Waals surface area (Å²) in [4.78, 5) is 4.00. The lowest BCUT2D eigenvalue weighted by Crippen LogP contribution is -2.06. The first kappa shape index (κ1) is 17.7. The van der Waals surface area contributed by atoms with Crippen molar-refractivity contribution in [2.24, 2.45) is 0 Å². The molecular formula is C17H8Cl2F3N5. The van der Waals surface area contributed by atoms with Gasteiger partial charge >= 0.3 is 6.18 Å². The summed E-state index contributed by atoms with van der Waals surface area (Å²) in [5.41, 5.74) is 0.596. The highest BCUT2D eigenvalue weighted by Gasteiger charge is 2.32. The topological polar surface area (TPSA) is 56.5 Å². The van der Waals surface area contributed by atoms with Crippen molar-refractivity contribution in [2.75, 3.05) is 0 Å². The minimum absolute atomic E-state index is 0.145. The van der Waals surface area contributed by atoms with Gasteiger partial charge in [0.05, 0.1) is 11.1 Å². The van der Waals surface area contributed by atoms with Crippen molar-refractivity contribution in [3.8, 4) is 17.1 Å². The quantitative estimate of drug-likeness (QED) is 0.456. The number of rotatable bonds is 2. The Morgan fingerprint density at radius 2 is 1.67 bits per heavy atom. The van der Waals surface area contributed by atoms with Crippen molar-refractivity contribution in [1.82, 2.24) is 25.0 Å². The molecule has 5 nitrogen and oxygen atoms in total. The molecule has 0 amide bonds. The Morgan fingerprint density at radius 1 is 0.926 bits per heavy atom. The van der Waals surface area contributed by atoms with Gasteiger partial charge in [0, 0.05) is 16.8 Å². The standard InChI is InChI=1S/C17H8Cl2F3N5/c18-11-3-1-9(2-4-11)15-16-12(7-10(8-23-16)17(20,21)22)27(26-15)14-6-5-13(19)24-25-14/h1-8H. The van der Waals surface area contributed by atoms with Crippen molar-refractivity contribution in [2.45, 2.75) is 6.18 Å². The van der Waals surface area contributed by atoms with Crippen LogP contribution in [0.25, 0.3) is 28.1 Å². The van der Waals surface area contributed by atoms with Crippen molar-refractivity contribution in [1.29, 1.82) is 0 Å². The summed E-state index contributed by atoms with van der Waals surface area (Å²) in [6.45, 7) is 0. The van der Waals surface area contributed by atoms with Crippen LogP contribution in [0.5, 0.6) is 0 Å². The van der Waals surface area contributed by atoms with E-state index in [0.717, 1.165) is 12.3 Å². The van der Waals surface area contributed by atoms with Crippen LogP contribution in [-0.2, 0) is 6.18 Å². The van der Waals surface area contributed by atoms with Crippen molar-refractivity contribution in [3.63, 3.8) is 0 Å². The third kappa shape index (κ3) is 3.33. The van der Waals surface area contributed by atoms with E-state index in [1.807, 2.05) is 0 Å². The monoisotopic (exact) mass is 409 g/mol. The Hall–Kier alpha value is -2.71. The molecule has 0 fully saturated rings. The van der Waals surface area contributed by atoms with Gasteiger partial charge in [-0.2, -0.15) is 18.3 Å². The molecule has 0 bridgehead atoms. The maximum absolute atomic E-state index is 13.1. The summed E-state index contributed by atoms with van der Waals surface area (Å²) in [5.74, 6) is 0.214. The number of benzene rings is 1. The van der Waals surface area contributed by atoms with E-state index >= 15 is 0 Å². The van der Waals surface area contributed by atoms with E-state index in [0.29, 0.717) is 21.8 Å². The number of nitrogens with zero attached hydrogens (tertiary/aromatic N) is 5. The Kier molecular flexibility index (Phi) is 4.24. The van der Waals surface area contributed by atoms with Gasteiger partial charge < -0.3 is 0 Å². The summed E-state index contributed by atoms with van der Waals surface area (Å²) >= 11 is 11.6. The highest BCUT2D eigenvalue weighted by molar-refractivity contribution is 6.30. The Bertz CT molecular complexity index is 1120. The summed E-state index contributed by atoms with van der Waals surface area (Å²) in [5, 5.41) is 12.7. The minimum atomic E-state index is -4.54. The molecule has 136 valence electrons. The van der Waals surface area contributed by atoms with Crippen LogP contribution in [0.4, 0.5) is 13.2 Å². The molecule has 3 heterocycles. The van der Waals surface area contributed by atoms with E-state index in [1.165, 1.54) is 16.8 Å². The highest BCUT2D eigenvalue weighted by atomic mass is 35.5. The first-order chi connectivity index (χ1) is 12.8. The smallest absolute Gasteiger partial charge is 0.252 e. The van der Waals surface area contributed by atoms with E-state index in [2.05, 4.69) is 20.3 Å². The van der Waals surface area contributed by atoms with E-state index in [9.17, 15) is 13.2 Å². The fraction of sp³-hybridized carbons (Fsp3) is 0.0588. The lowest BCUT2D eigenvalue weighted by molar-refractivity contribution is -0.137. The maximum atomic E-state index is 13.1. The summed E-state index contributed by atoms with van der Waals surface area (Å²) in [7, 11) is 0. The molecule has 0 saturated carbocycles. The van der Waals surface area contributed by atoms with Crippen LogP contribution in [0.15, 0.2) is 48.7 Å². The van der Waals surface area contributed by atoms with Crippen LogP contribution < -0.4 is 0 Å². The molecule has 4 rings (SSSR count). The second-order valence-electron chi connectivity index (χ2n) is 5.57. The van der Waals surface area contributed by atoms with Gasteiger partial charge in [0.1, 0.15) is 11.2 Å². The van der Waals surface area contributed by atoms with Crippen molar-refractivity contribution < 1.29 is 13.2 Å². The van der Waals surface area contributed by atoms with E-state index in [1.54, 1.807) is 24.3 Å². The van der Waals surface area contributed by atoms with Crippen LogP contribution >= 0.6 is 23.2 Å². The van der Waals surface area contributed by atoms with Crippen molar-refractivity contribution >= 4 is 34.2 Å². The number of halogens is 5. The molecule has 0 aliphatic heterocycles. The Labute approximate surface area is 160 Å². The van der Waals surface area contributed by atoms with E-state index in [-0.39, 0.29) is 16.5 Å².